The van der Waals surface area contributed by atoms with E-state index >= 15 is 0 Å². The zero-order valence-electron chi connectivity index (χ0n) is 12.8. The molecule has 0 saturated heterocycles. The maximum atomic E-state index is 12.8. The van der Waals surface area contributed by atoms with Gasteiger partial charge in [0.05, 0.1) is 5.56 Å². The Balaban J connectivity index is 1.85. The zero-order chi connectivity index (χ0) is 17.3. The smallest absolute Gasteiger partial charge is 0.386 e. The quantitative estimate of drug-likeness (QED) is 0.714. The number of nitrogens with zero attached hydrogens (tertiary/aromatic N) is 2. The summed E-state index contributed by atoms with van der Waals surface area (Å²) >= 11 is 3.30. The van der Waals surface area contributed by atoms with Crippen molar-refractivity contribution in [2.45, 2.75) is 32.0 Å². The number of aromatic nitrogens is 1. The lowest BCUT2D eigenvalue weighted by Gasteiger charge is -2.13. The van der Waals surface area contributed by atoms with Gasteiger partial charge in [-0.1, -0.05) is 23.4 Å². The second kappa shape index (κ2) is 6.55. The highest BCUT2D eigenvalue weighted by molar-refractivity contribution is 9.18. The van der Waals surface area contributed by atoms with Gasteiger partial charge in [0.1, 0.15) is 4.62 Å². The minimum absolute atomic E-state index is 0.173. The van der Waals surface area contributed by atoms with Crippen LogP contribution in [0.1, 0.15) is 40.5 Å². The standard InChI is InChI=1S/C17H14BrF3N2O/c1-10-2-3-11(15-9-16(18)23-24-15)6-12(10)7-14-8-13(4-5-22-14)17(19,20)21/h2-6,8,15H,7,9H2,1H3/t15-/m1/s1. The zero-order valence-corrected chi connectivity index (χ0v) is 14.4. The molecule has 1 aliphatic rings. The fourth-order valence-corrected chi connectivity index (χ4v) is 2.93. The molecule has 1 aliphatic heterocycles. The fraction of sp³-hybridized carbons (Fsp3) is 0.294. The molecule has 0 aliphatic carbocycles. The SMILES string of the molecule is Cc1ccc([C@H]2CC(Br)=NO2)cc1Cc1cc(C(F)(F)F)ccn1. The van der Waals surface area contributed by atoms with Crippen LogP contribution in [0.3, 0.4) is 0 Å². The number of rotatable bonds is 3. The molecule has 0 amide bonds. The Morgan fingerprint density at radius 2 is 2.04 bits per heavy atom. The van der Waals surface area contributed by atoms with Gasteiger partial charge in [-0.25, -0.2) is 0 Å². The van der Waals surface area contributed by atoms with Crippen molar-refractivity contribution in [3.05, 3.63) is 64.5 Å². The second-order valence-corrected chi connectivity index (χ2v) is 6.58. The molecular weight excluding hydrogens is 385 g/mol. The van der Waals surface area contributed by atoms with Crippen LogP contribution in [0.15, 0.2) is 41.7 Å². The Bertz CT molecular complexity index is 790. The molecule has 126 valence electrons. The monoisotopic (exact) mass is 398 g/mol. The lowest BCUT2D eigenvalue weighted by atomic mass is 9.97. The number of benzene rings is 1. The molecule has 3 nitrogen and oxygen atoms in total. The van der Waals surface area contributed by atoms with Gasteiger partial charge in [-0.2, -0.15) is 13.2 Å². The first-order valence-corrected chi connectivity index (χ1v) is 8.12. The molecule has 0 fully saturated rings. The summed E-state index contributed by atoms with van der Waals surface area (Å²) in [7, 11) is 0. The number of hydrogen-bond acceptors (Lipinski definition) is 3. The lowest BCUT2D eigenvalue weighted by Crippen LogP contribution is -2.07. The molecule has 0 saturated carbocycles. The molecule has 0 N–H and O–H groups in total. The molecule has 0 radical (unpaired) electrons. The highest BCUT2D eigenvalue weighted by Crippen LogP contribution is 2.32. The van der Waals surface area contributed by atoms with Gasteiger partial charge in [0.15, 0.2) is 6.10 Å². The fourth-order valence-electron chi connectivity index (χ4n) is 2.56. The van der Waals surface area contributed by atoms with Crippen molar-refractivity contribution < 1.29 is 18.0 Å². The van der Waals surface area contributed by atoms with Crippen LogP contribution in [0.5, 0.6) is 0 Å². The number of alkyl halides is 3. The predicted octanol–water partition coefficient (Wildman–Crippen LogP) is 5.17. The van der Waals surface area contributed by atoms with Crippen molar-refractivity contribution in [2.75, 3.05) is 0 Å². The Labute approximate surface area is 145 Å². The van der Waals surface area contributed by atoms with Crippen LogP contribution in [0.4, 0.5) is 13.2 Å². The Hall–Kier alpha value is -1.89. The van der Waals surface area contributed by atoms with Gasteiger partial charge in [-0.15, -0.1) is 0 Å². The maximum absolute atomic E-state index is 12.8. The first-order valence-electron chi connectivity index (χ1n) is 7.32. The van der Waals surface area contributed by atoms with Crippen LogP contribution in [0.2, 0.25) is 0 Å². The molecule has 24 heavy (non-hydrogen) atoms. The van der Waals surface area contributed by atoms with E-state index < -0.39 is 11.7 Å². The van der Waals surface area contributed by atoms with Gasteiger partial charge in [0.25, 0.3) is 0 Å². The van der Waals surface area contributed by atoms with Crippen molar-refractivity contribution in [2.24, 2.45) is 5.16 Å². The first kappa shape index (κ1) is 17.0. The van der Waals surface area contributed by atoms with Crippen LogP contribution >= 0.6 is 15.9 Å². The third-order valence-electron chi connectivity index (χ3n) is 3.89. The van der Waals surface area contributed by atoms with Crippen LogP contribution in [0, 0.1) is 6.92 Å². The van der Waals surface area contributed by atoms with Gasteiger partial charge >= 0.3 is 6.18 Å². The molecule has 2 heterocycles. The first-order chi connectivity index (χ1) is 11.3. The molecule has 0 spiro atoms. The third kappa shape index (κ3) is 3.77. The normalized spacial score (nSPS) is 17.5. The number of oxime groups is 1. The van der Waals surface area contributed by atoms with Gasteiger partial charge in [0, 0.05) is 24.7 Å². The van der Waals surface area contributed by atoms with E-state index in [9.17, 15) is 13.2 Å². The molecule has 3 rings (SSSR count). The molecule has 0 unspecified atom stereocenters. The van der Waals surface area contributed by atoms with E-state index in [-0.39, 0.29) is 6.10 Å². The van der Waals surface area contributed by atoms with Crippen LogP contribution in [-0.2, 0) is 17.4 Å². The number of aryl methyl sites for hydroxylation is 1. The van der Waals surface area contributed by atoms with E-state index in [2.05, 4.69) is 26.1 Å². The topological polar surface area (TPSA) is 34.5 Å². The summed E-state index contributed by atoms with van der Waals surface area (Å²) in [6, 6.07) is 7.91. The average molecular weight is 399 g/mol. The predicted molar refractivity (Wildman–Crippen MR) is 88.0 cm³/mol. The lowest BCUT2D eigenvalue weighted by molar-refractivity contribution is -0.137. The minimum atomic E-state index is -4.37. The van der Waals surface area contributed by atoms with E-state index in [1.165, 1.54) is 6.20 Å². The molecule has 0 bridgehead atoms. The third-order valence-corrected chi connectivity index (χ3v) is 4.36. The summed E-state index contributed by atoms with van der Waals surface area (Å²) in [6.07, 6.45) is -2.37. The van der Waals surface area contributed by atoms with Gasteiger partial charge in [-0.3, -0.25) is 4.98 Å². The second-order valence-electron chi connectivity index (χ2n) is 5.66. The van der Waals surface area contributed by atoms with E-state index in [0.29, 0.717) is 18.5 Å². The summed E-state index contributed by atoms with van der Waals surface area (Å²) in [4.78, 5) is 9.40. The summed E-state index contributed by atoms with van der Waals surface area (Å²) in [6.45, 7) is 1.93. The highest BCUT2D eigenvalue weighted by atomic mass is 79.9. The van der Waals surface area contributed by atoms with Crippen LogP contribution in [-0.4, -0.2) is 9.60 Å². The minimum Gasteiger partial charge on any atom is -0.386 e. The molecule has 7 heteroatoms. The Morgan fingerprint density at radius 3 is 2.71 bits per heavy atom. The van der Waals surface area contributed by atoms with Crippen molar-refractivity contribution in [1.82, 2.24) is 4.98 Å². The van der Waals surface area contributed by atoms with Crippen molar-refractivity contribution in [1.29, 1.82) is 0 Å². The van der Waals surface area contributed by atoms with Gasteiger partial charge in [-0.05, 0) is 51.7 Å². The van der Waals surface area contributed by atoms with Crippen molar-refractivity contribution in [3.63, 3.8) is 0 Å². The summed E-state index contributed by atoms with van der Waals surface area (Å²) in [5.74, 6) is 0. The van der Waals surface area contributed by atoms with E-state index in [0.717, 1.165) is 33.4 Å². The average Bonchev–Trinajstić information content (AvgIpc) is 2.95. The van der Waals surface area contributed by atoms with E-state index in [1.807, 2.05) is 25.1 Å². The molecular formula is C17H14BrF3N2O. The summed E-state index contributed by atoms with van der Waals surface area (Å²) < 4.78 is 39.2. The van der Waals surface area contributed by atoms with E-state index in [4.69, 9.17) is 4.84 Å². The maximum Gasteiger partial charge on any atom is 0.416 e. The summed E-state index contributed by atoms with van der Waals surface area (Å²) in [5, 5.41) is 3.86. The van der Waals surface area contributed by atoms with Crippen LogP contribution in [0.25, 0.3) is 0 Å². The van der Waals surface area contributed by atoms with Gasteiger partial charge < -0.3 is 4.84 Å². The molecule has 1 atom stereocenters. The Kier molecular flexibility index (Phi) is 4.62. The Morgan fingerprint density at radius 1 is 1.25 bits per heavy atom. The van der Waals surface area contributed by atoms with Gasteiger partial charge in [0.2, 0.25) is 0 Å². The number of pyridine rings is 1. The largest absolute Gasteiger partial charge is 0.416 e. The van der Waals surface area contributed by atoms with Crippen molar-refractivity contribution >= 4 is 20.6 Å². The number of halogens is 4. The van der Waals surface area contributed by atoms with E-state index in [1.54, 1.807) is 0 Å². The van der Waals surface area contributed by atoms with Crippen molar-refractivity contribution in [3.8, 4) is 0 Å². The highest BCUT2D eigenvalue weighted by Gasteiger charge is 2.30. The summed E-state index contributed by atoms with van der Waals surface area (Å²) in [5.41, 5.74) is 2.57. The molecule has 2 aromatic rings. The number of hydrogen-bond donors (Lipinski definition) is 0. The molecule has 1 aromatic carbocycles. The van der Waals surface area contributed by atoms with Crippen LogP contribution < -0.4 is 0 Å². The molecule has 1 aromatic heterocycles.